The van der Waals surface area contributed by atoms with Crippen LogP contribution in [-0.2, 0) is 14.8 Å². The molecule has 0 unspecified atom stereocenters. The number of carbonyl (C=O) groups excluding carboxylic acids is 2. The highest BCUT2D eigenvalue weighted by Crippen LogP contribution is 2.34. The van der Waals surface area contributed by atoms with Crippen molar-refractivity contribution in [2.45, 2.75) is 17.7 Å². The van der Waals surface area contributed by atoms with E-state index in [-0.39, 0.29) is 11.4 Å². The highest BCUT2D eigenvalue weighted by atomic mass is 35.5. The third-order valence-corrected chi connectivity index (χ3v) is 8.54. The average molecular weight is 478 g/mol. The summed E-state index contributed by atoms with van der Waals surface area (Å²) in [7, 11) is -3.58. The van der Waals surface area contributed by atoms with Crippen molar-refractivity contribution in [2.24, 2.45) is 0 Å². The molecular formula is C21H20ClN3O4S2. The molecular weight excluding hydrogens is 458 g/mol. The van der Waals surface area contributed by atoms with Crippen LogP contribution in [0, 0.1) is 0 Å². The second-order valence-electron chi connectivity index (χ2n) is 7.11. The van der Waals surface area contributed by atoms with Crippen LogP contribution in [0.15, 0.2) is 53.4 Å². The first kappa shape index (κ1) is 21.8. The first-order valence-electron chi connectivity index (χ1n) is 9.71. The molecule has 3 aromatic rings. The van der Waals surface area contributed by atoms with Crippen LogP contribution in [0.5, 0.6) is 0 Å². The lowest BCUT2D eigenvalue weighted by atomic mass is 10.2. The predicted octanol–water partition coefficient (Wildman–Crippen LogP) is 3.71. The summed E-state index contributed by atoms with van der Waals surface area (Å²) in [5.41, 5.74) is 0.347. The van der Waals surface area contributed by atoms with Gasteiger partial charge in [0.1, 0.15) is 4.88 Å². The van der Waals surface area contributed by atoms with Crippen molar-refractivity contribution in [1.82, 2.24) is 9.62 Å². The van der Waals surface area contributed by atoms with E-state index in [1.807, 2.05) is 24.3 Å². The van der Waals surface area contributed by atoms with E-state index in [0.717, 1.165) is 22.9 Å². The molecule has 1 aliphatic heterocycles. The van der Waals surface area contributed by atoms with E-state index in [1.54, 1.807) is 12.1 Å². The number of rotatable bonds is 6. The number of hydrogen-bond acceptors (Lipinski definition) is 5. The largest absolute Gasteiger partial charge is 0.342 e. The molecule has 1 aliphatic rings. The van der Waals surface area contributed by atoms with Gasteiger partial charge >= 0.3 is 0 Å². The van der Waals surface area contributed by atoms with Crippen molar-refractivity contribution in [3.05, 3.63) is 58.4 Å². The topological polar surface area (TPSA) is 95.6 Å². The summed E-state index contributed by atoms with van der Waals surface area (Å²) in [5.74, 6) is -0.909. The van der Waals surface area contributed by atoms with Gasteiger partial charge < -0.3 is 10.6 Å². The maximum Gasteiger partial charge on any atom is 0.263 e. The van der Waals surface area contributed by atoms with Crippen molar-refractivity contribution in [3.63, 3.8) is 0 Å². The summed E-state index contributed by atoms with van der Waals surface area (Å²) < 4.78 is 27.7. The lowest BCUT2D eigenvalue weighted by Gasteiger charge is -2.16. The van der Waals surface area contributed by atoms with Gasteiger partial charge in [-0.15, -0.1) is 11.3 Å². The summed E-state index contributed by atoms with van der Waals surface area (Å²) >= 11 is 7.56. The molecule has 2 N–H and O–H groups in total. The number of carbonyl (C=O) groups is 2. The molecule has 2 heterocycles. The van der Waals surface area contributed by atoms with Crippen LogP contribution in [0.3, 0.4) is 0 Å². The molecule has 0 aliphatic carbocycles. The molecule has 31 heavy (non-hydrogen) atoms. The Labute approximate surface area is 189 Å². The number of fused-ring (bicyclic) bond motifs is 1. The second kappa shape index (κ2) is 8.96. The Morgan fingerprint density at radius 1 is 1.06 bits per heavy atom. The van der Waals surface area contributed by atoms with E-state index < -0.39 is 21.8 Å². The summed E-state index contributed by atoms with van der Waals surface area (Å²) in [5, 5.41) is 6.34. The van der Waals surface area contributed by atoms with Crippen LogP contribution in [0.1, 0.15) is 22.5 Å². The number of sulfonamides is 1. The fraction of sp³-hybridized carbons (Fsp3) is 0.238. The van der Waals surface area contributed by atoms with Gasteiger partial charge in [-0.25, -0.2) is 8.42 Å². The molecule has 0 bridgehead atoms. The highest BCUT2D eigenvalue weighted by molar-refractivity contribution is 7.89. The smallest absolute Gasteiger partial charge is 0.263 e. The molecule has 1 fully saturated rings. The normalized spacial score (nSPS) is 14.6. The molecule has 10 heteroatoms. The van der Waals surface area contributed by atoms with E-state index >= 15 is 0 Å². The van der Waals surface area contributed by atoms with Crippen LogP contribution in [0.2, 0.25) is 5.02 Å². The van der Waals surface area contributed by atoms with Gasteiger partial charge in [-0.05, 0) is 37.1 Å². The number of anilines is 1. The number of halogens is 1. The van der Waals surface area contributed by atoms with Crippen LogP contribution >= 0.6 is 22.9 Å². The van der Waals surface area contributed by atoms with Crippen LogP contribution < -0.4 is 10.6 Å². The Kier molecular flexibility index (Phi) is 6.29. The first-order chi connectivity index (χ1) is 14.9. The molecule has 7 nitrogen and oxygen atoms in total. The molecule has 0 radical (unpaired) electrons. The Morgan fingerprint density at radius 2 is 1.81 bits per heavy atom. The van der Waals surface area contributed by atoms with E-state index in [4.69, 9.17) is 11.6 Å². The van der Waals surface area contributed by atoms with Crippen LogP contribution in [0.4, 0.5) is 5.69 Å². The van der Waals surface area contributed by atoms with Crippen molar-refractivity contribution < 1.29 is 18.0 Å². The maximum absolute atomic E-state index is 12.7. The Hall–Kier alpha value is -2.46. The number of nitrogens with one attached hydrogen (secondary N) is 2. The molecule has 1 saturated heterocycles. The molecule has 1 aromatic heterocycles. The Balaban J connectivity index is 1.40. The maximum atomic E-state index is 12.7. The predicted molar refractivity (Wildman–Crippen MR) is 122 cm³/mol. The fourth-order valence-electron chi connectivity index (χ4n) is 3.42. The SMILES string of the molecule is O=C(CNC(=O)c1sc2ccccc2c1Cl)Nc1cccc(S(=O)(=O)N2CCCC2)c1. The van der Waals surface area contributed by atoms with Crippen LogP contribution in [0.25, 0.3) is 10.1 Å². The number of hydrogen-bond donors (Lipinski definition) is 2. The summed E-state index contributed by atoms with van der Waals surface area (Å²) in [6, 6.07) is 13.5. The Bertz CT molecular complexity index is 1250. The lowest BCUT2D eigenvalue weighted by molar-refractivity contribution is -0.115. The van der Waals surface area contributed by atoms with Crippen molar-refractivity contribution >= 4 is 60.5 Å². The molecule has 162 valence electrons. The minimum Gasteiger partial charge on any atom is -0.342 e. The quantitative estimate of drug-likeness (QED) is 0.565. The van der Waals surface area contributed by atoms with Crippen molar-refractivity contribution in [1.29, 1.82) is 0 Å². The van der Waals surface area contributed by atoms with Gasteiger partial charge in [0.2, 0.25) is 15.9 Å². The van der Waals surface area contributed by atoms with Gasteiger partial charge in [0.05, 0.1) is 16.5 Å². The third kappa shape index (κ3) is 4.59. The minimum absolute atomic E-state index is 0.133. The van der Waals surface area contributed by atoms with Crippen molar-refractivity contribution in [2.75, 3.05) is 25.0 Å². The van der Waals surface area contributed by atoms with E-state index in [2.05, 4.69) is 10.6 Å². The minimum atomic E-state index is -3.58. The number of nitrogens with zero attached hydrogens (tertiary/aromatic N) is 1. The Morgan fingerprint density at radius 3 is 2.55 bits per heavy atom. The average Bonchev–Trinajstić information content (AvgIpc) is 3.42. The summed E-state index contributed by atoms with van der Waals surface area (Å²) in [6.07, 6.45) is 1.69. The van der Waals surface area contributed by atoms with Gasteiger partial charge in [0.15, 0.2) is 0 Å². The number of benzene rings is 2. The third-order valence-electron chi connectivity index (χ3n) is 4.97. The first-order valence-corrected chi connectivity index (χ1v) is 12.3. The van der Waals surface area contributed by atoms with Gasteiger partial charge in [-0.2, -0.15) is 4.31 Å². The highest BCUT2D eigenvalue weighted by Gasteiger charge is 2.27. The van der Waals surface area contributed by atoms with Gasteiger partial charge in [-0.1, -0.05) is 35.9 Å². The summed E-state index contributed by atoms with van der Waals surface area (Å²) in [6.45, 7) is 0.739. The standard InChI is InChI=1S/C21H20ClN3O4S2/c22-19-16-8-1-2-9-17(16)30-20(19)21(27)23-13-18(26)24-14-6-5-7-15(12-14)31(28,29)25-10-3-4-11-25/h1-2,5-9,12H,3-4,10-11,13H2,(H,23,27)(H,24,26). The zero-order valence-corrected chi connectivity index (χ0v) is 18.8. The zero-order valence-electron chi connectivity index (χ0n) is 16.4. The van der Waals surface area contributed by atoms with E-state index in [9.17, 15) is 18.0 Å². The zero-order chi connectivity index (χ0) is 22.0. The number of thiophene rings is 1. The van der Waals surface area contributed by atoms with Gasteiger partial charge in [0.25, 0.3) is 5.91 Å². The van der Waals surface area contributed by atoms with Crippen molar-refractivity contribution in [3.8, 4) is 0 Å². The van der Waals surface area contributed by atoms with Gasteiger partial charge in [-0.3, -0.25) is 9.59 Å². The molecule has 0 atom stereocenters. The lowest BCUT2D eigenvalue weighted by Crippen LogP contribution is -2.32. The molecule has 0 saturated carbocycles. The fourth-order valence-corrected chi connectivity index (χ4v) is 6.41. The van der Waals surface area contributed by atoms with Gasteiger partial charge in [0, 0.05) is 28.9 Å². The molecule has 4 rings (SSSR count). The van der Waals surface area contributed by atoms with E-state index in [0.29, 0.717) is 28.7 Å². The second-order valence-corrected chi connectivity index (χ2v) is 10.5. The monoisotopic (exact) mass is 477 g/mol. The molecule has 2 amide bonds. The molecule has 0 spiro atoms. The number of amides is 2. The molecule has 2 aromatic carbocycles. The van der Waals surface area contributed by atoms with Crippen LogP contribution in [-0.4, -0.2) is 44.2 Å². The summed E-state index contributed by atoms with van der Waals surface area (Å²) in [4.78, 5) is 25.3. The van der Waals surface area contributed by atoms with E-state index in [1.165, 1.54) is 27.8 Å².